The molecule has 0 saturated carbocycles. The van der Waals surface area contributed by atoms with Crippen molar-refractivity contribution in [1.82, 2.24) is 0 Å². The normalized spacial score (nSPS) is 10.2. The molecule has 1 aromatic rings. The minimum absolute atomic E-state index is 0.115. The van der Waals surface area contributed by atoms with E-state index in [0.29, 0.717) is 5.92 Å². The van der Waals surface area contributed by atoms with Crippen molar-refractivity contribution in [3.63, 3.8) is 0 Å². The van der Waals surface area contributed by atoms with Crippen LogP contribution < -0.4 is 0 Å². The molecule has 3 heteroatoms. The molecule has 0 aromatic heterocycles. The van der Waals surface area contributed by atoms with E-state index in [4.69, 9.17) is 0 Å². The molecule has 0 heterocycles. The summed E-state index contributed by atoms with van der Waals surface area (Å²) in [5, 5.41) is 10.5. The van der Waals surface area contributed by atoms with Crippen LogP contribution in [0.4, 0.5) is 5.69 Å². The summed E-state index contributed by atoms with van der Waals surface area (Å²) in [5.41, 5.74) is 2.05. The topological polar surface area (TPSA) is 43.1 Å². The zero-order valence-corrected chi connectivity index (χ0v) is 8.36. The highest BCUT2D eigenvalue weighted by Gasteiger charge is 2.10. The maximum Gasteiger partial charge on any atom is 0.270 e. The van der Waals surface area contributed by atoms with Crippen LogP contribution in [0.15, 0.2) is 24.8 Å². The Bertz CT molecular complexity index is 370. The van der Waals surface area contributed by atoms with Crippen LogP contribution in [0.25, 0.3) is 6.08 Å². The molecule has 0 radical (unpaired) electrons. The molecule has 0 fully saturated rings. The summed E-state index contributed by atoms with van der Waals surface area (Å²) in [6, 6.07) is 4.88. The van der Waals surface area contributed by atoms with Crippen molar-refractivity contribution < 1.29 is 4.92 Å². The van der Waals surface area contributed by atoms with Crippen molar-refractivity contribution in [2.45, 2.75) is 19.8 Å². The maximum atomic E-state index is 10.5. The van der Waals surface area contributed by atoms with E-state index in [2.05, 4.69) is 6.58 Å². The van der Waals surface area contributed by atoms with Crippen LogP contribution in [0, 0.1) is 10.1 Å². The Morgan fingerprint density at radius 3 is 2.57 bits per heavy atom. The van der Waals surface area contributed by atoms with E-state index in [1.807, 2.05) is 13.8 Å². The first-order valence-electron chi connectivity index (χ1n) is 4.47. The second-order valence-corrected chi connectivity index (χ2v) is 3.43. The van der Waals surface area contributed by atoms with Crippen molar-refractivity contribution in [1.29, 1.82) is 0 Å². The predicted octanol–water partition coefficient (Wildman–Crippen LogP) is 3.36. The van der Waals surface area contributed by atoms with Gasteiger partial charge in [-0.25, -0.2) is 0 Å². The first kappa shape index (κ1) is 10.4. The molecule has 3 nitrogen and oxygen atoms in total. The van der Waals surface area contributed by atoms with Crippen LogP contribution in [-0.4, -0.2) is 4.92 Å². The van der Waals surface area contributed by atoms with E-state index >= 15 is 0 Å². The first-order valence-corrected chi connectivity index (χ1v) is 4.47. The van der Waals surface area contributed by atoms with Crippen LogP contribution in [0.3, 0.4) is 0 Å². The van der Waals surface area contributed by atoms with Gasteiger partial charge >= 0.3 is 0 Å². The van der Waals surface area contributed by atoms with Crippen molar-refractivity contribution >= 4 is 11.8 Å². The number of nitro groups is 1. The molecule has 0 saturated heterocycles. The van der Waals surface area contributed by atoms with Crippen molar-refractivity contribution in [3.8, 4) is 0 Å². The van der Waals surface area contributed by atoms with Crippen LogP contribution >= 0.6 is 0 Å². The van der Waals surface area contributed by atoms with Gasteiger partial charge in [0.05, 0.1) is 4.92 Å². The Hall–Kier alpha value is -1.64. The Morgan fingerprint density at radius 1 is 1.50 bits per heavy atom. The fourth-order valence-electron chi connectivity index (χ4n) is 1.38. The molecule has 0 atom stereocenters. The van der Waals surface area contributed by atoms with Gasteiger partial charge in [0.1, 0.15) is 0 Å². The predicted molar refractivity (Wildman–Crippen MR) is 57.3 cm³/mol. The third kappa shape index (κ3) is 1.99. The fraction of sp³-hybridized carbons (Fsp3) is 0.273. The molecule has 14 heavy (non-hydrogen) atoms. The number of nitrogens with zero attached hydrogens (tertiary/aromatic N) is 1. The molecule has 0 aliphatic carbocycles. The zero-order valence-electron chi connectivity index (χ0n) is 8.36. The van der Waals surface area contributed by atoms with Crippen LogP contribution in [0.1, 0.15) is 30.9 Å². The number of nitro benzene ring substituents is 1. The van der Waals surface area contributed by atoms with E-state index in [1.54, 1.807) is 18.2 Å². The van der Waals surface area contributed by atoms with Crippen LogP contribution in [0.2, 0.25) is 0 Å². The molecule has 0 aliphatic rings. The molecule has 0 aliphatic heterocycles. The minimum atomic E-state index is -0.392. The van der Waals surface area contributed by atoms with Gasteiger partial charge in [-0.2, -0.15) is 0 Å². The molecular weight excluding hydrogens is 178 g/mol. The summed E-state index contributed by atoms with van der Waals surface area (Å²) >= 11 is 0. The third-order valence-electron chi connectivity index (χ3n) is 2.12. The van der Waals surface area contributed by atoms with E-state index in [1.165, 1.54) is 6.07 Å². The number of non-ortho nitro benzene ring substituents is 1. The monoisotopic (exact) mass is 191 g/mol. The Labute approximate surface area is 83.2 Å². The molecule has 0 spiro atoms. The first-order chi connectivity index (χ1) is 6.56. The molecular formula is C11H13NO2. The lowest BCUT2D eigenvalue weighted by Crippen LogP contribution is -1.94. The standard InChI is InChI=1S/C11H13NO2/c1-4-9-7-10(12(13)14)5-6-11(9)8(2)3/h4-8H,1H2,2-3H3. The number of hydrogen-bond donors (Lipinski definition) is 0. The summed E-state index contributed by atoms with van der Waals surface area (Å²) < 4.78 is 0. The number of benzene rings is 1. The second-order valence-electron chi connectivity index (χ2n) is 3.43. The third-order valence-corrected chi connectivity index (χ3v) is 2.12. The Morgan fingerprint density at radius 2 is 2.14 bits per heavy atom. The van der Waals surface area contributed by atoms with Gasteiger partial charge in [-0.3, -0.25) is 10.1 Å². The van der Waals surface area contributed by atoms with Crippen molar-refractivity contribution in [2.24, 2.45) is 0 Å². The lowest BCUT2D eigenvalue weighted by molar-refractivity contribution is -0.384. The molecule has 1 rings (SSSR count). The van der Waals surface area contributed by atoms with Gasteiger partial charge in [0.15, 0.2) is 0 Å². The molecule has 0 bridgehead atoms. The van der Waals surface area contributed by atoms with Gasteiger partial charge in [0.25, 0.3) is 5.69 Å². The summed E-state index contributed by atoms with van der Waals surface area (Å²) in [7, 11) is 0. The highest BCUT2D eigenvalue weighted by Crippen LogP contribution is 2.24. The van der Waals surface area contributed by atoms with Gasteiger partial charge in [-0.05, 0) is 17.0 Å². The van der Waals surface area contributed by atoms with Crippen molar-refractivity contribution in [2.75, 3.05) is 0 Å². The SMILES string of the molecule is C=Cc1cc([N+](=O)[O-])ccc1C(C)C. The van der Waals surface area contributed by atoms with Gasteiger partial charge in [0, 0.05) is 12.1 Å². The molecule has 1 aromatic carbocycles. The van der Waals surface area contributed by atoms with Crippen molar-refractivity contribution in [3.05, 3.63) is 46.0 Å². The Balaban J connectivity index is 3.25. The van der Waals surface area contributed by atoms with Crippen LogP contribution in [0.5, 0.6) is 0 Å². The van der Waals surface area contributed by atoms with E-state index in [9.17, 15) is 10.1 Å². The summed E-state index contributed by atoms with van der Waals surface area (Å²) in [4.78, 5) is 10.1. The molecule has 74 valence electrons. The average molecular weight is 191 g/mol. The van der Waals surface area contributed by atoms with Gasteiger partial charge in [0.2, 0.25) is 0 Å². The molecule has 0 unspecified atom stereocenters. The van der Waals surface area contributed by atoms with Gasteiger partial charge in [-0.15, -0.1) is 0 Å². The quantitative estimate of drug-likeness (QED) is 0.543. The largest absolute Gasteiger partial charge is 0.270 e. The zero-order chi connectivity index (χ0) is 10.7. The highest BCUT2D eigenvalue weighted by molar-refractivity contribution is 5.57. The van der Waals surface area contributed by atoms with Gasteiger partial charge in [-0.1, -0.05) is 32.6 Å². The lowest BCUT2D eigenvalue weighted by Gasteiger charge is -2.08. The number of hydrogen-bond acceptors (Lipinski definition) is 2. The van der Waals surface area contributed by atoms with Gasteiger partial charge < -0.3 is 0 Å². The minimum Gasteiger partial charge on any atom is -0.258 e. The second kappa shape index (κ2) is 4.05. The molecule has 0 amide bonds. The van der Waals surface area contributed by atoms with E-state index in [-0.39, 0.29) is 5.69 Å². The highest BCUT2D eigenvalue weighted by atomic mass is 16.6. The summed E-state index contributed by atoms with van der Waals surface area (Å²) in [6.07, 6.45) is 1.66. The lowest BCUT2D eigenvalue weighted by atomic mass is 9.97. The smallest absolute Gasteiger partial charge is 0.258 e. The summed E-state index contributed by atoms with van der Waals surface area (Å²) in [6.45, 7) is 7.75. The van der Waals surface area contributed by atoms with E-state index in [0.717, 1.165) is 11.1 Å². The molecule has 0 N–H and O–H groups in total. The fourth-order valence-corrected chi connectivity index (χ4v) is 1.38. The maximum absolute atomic E-state index is 10.5. The van der Waals surface area contributed by atoms with Crippen LogP contribution in [-0.2, 0) is 0 Å². The Kier molecular flexibility index (Phi) is 3.02. The summed E-state index contributed by atoms with van der Waals surface area (Å²) in [5.74, 6) is 0.351. The average Bonchev–Trinajstić information content (AvgIpc) is 2.16. The van der Waals surface area contributed by atoms with E-state index < -0.39 is 4.92 Å². The number of rotatable bonds is 3.